The van der Waals surface area contributed by atoms with Crippen LogP contribution in [-0.4, -0.2) is 60.6 Å². The first kappa shape index (κ1) is 20.4. The molecule has 0 saturated carbocycles. The Morgan fingerprint density at radius 2 is 1.48 bits per heavy atom. The highest BCUT2D eigenvalue weighted by molar-refractivity contribution is 5.94. The van der Waals surface area contributed by atoms with Crippen LogP contribution < -0.4 is 4.74 Å². The first-order chi connectivity index (χ1) is 14.1. The summed E-state index contributed by atoms with van der Waals surface area (Å²) in [7, 11) is 0. The molecule has 0 spiro atoms. The average Bonchev–Trinajstić information content (AvgIpc) is 2.75. The normalized spacial score (nSPS) is 13.7. The lowest BCUT2D eigenvalue weighted by molar-refractivity contribution is -0.131. The van der Waals surface area contributed by atoms with Crippen molar-refractivity contribution >= 4 is 18.0 Å². The Bertz CT molecular complexity index is 843. The van der Waals surface area contributed by atoms with Gasteiger partial charge in [0.25, 0.3) is 5.91 Å². The van der Waals surface area contributed by atoms with Gasteiger partial charge in [-0.25, -0.2) is 4.79 Å². The number of piperazine rings is 1. The maximum absolute atomic E-state index is 12.7. The first-order valence-corrected chi connectivity index (χ1v) is 9.62. The summed E-state index contributed by atoms with van der Waals surface area (Å²) in [6.45, 7) is 3.93. The molecule has 1 fully saturated rings. The van der Waals surface area contributed by atoms with Gasteiger partial charge in [0.1, 0.15) is 5.75 Å². The number of ether oxygens (including phenoxy) is 2. The number of hydrogen-bond donors (Lipinski definition) is 0. The van der Waals surface area contributed by atoms with Crippen molar-refractivity contribution in [3.8, 4) is 5.75 Å². The Labute approximate surface area is 169 Å². The zero-order valence-electron chi connectivity index (χ0n) is 16.4. The van der Waals surface area contributed by atoms with Crippen LogP contribution in [0.4, 0.5) is 4.79 Å². The van der Waals surface area contributed by atoms with Gasteiger partial charge in [-0.05, 0) is 36.8 Å². The highest BCUT2D eigenvalue weighted by Crippen LogP contribution is 2.16. The van der Waals surface area contributed by atoms with Gasteiger partial charge in [0.05, 0.1) is 13.0 Å². The van der Waals surface area contributed by atoms with Crippen LogP contribution >= 0.6 is 0 Å². The van der Waals surface area contributed by atoms with Crippen LogP contribution in [0.3, 0.4) is 0 Å². The van der Waals surface area contributed by atoms with Crippen LogP contribution in [0.15, 0.2) is 54.6 Å². The Morgan fingerprint density at radius 1 is 0.862 bits per heavy atom. The van der Waals surface area contributed by atoms with E-state index >= 15 is 0 Å². The third-order valence-electron chi connectivity index (χ3n) is 4.68. The van der Waals surface area contributed by atoms with Gasteiger partial charge in [0.15, 0.2) is 0 Å². The van der Waals surface area contributed by atoms with Crippen molar-refractivity contribution < 1.29 is 23.9 Å². The van der Waals surface area contributed by atoms with Crippen LogP contribution in [-0.2, 0) is 16.0 Å². The summed E-state index contributed by atoms with van der Waals surface area (Å²) in [5.41, 5.74) is 1.49. The lowest BCUT2D eigenvalue weighted by Crippen LogP contribution is -2.51. The van der Waals surface area contributed by atoms with E-state index in [1.807, 2.05) is 30.3 Å². The van der Waals surface area contributed by atoms with E-state index < -0.39 is 6.16 Å². The summed E-state index contributed by atoms with van der Waals surface area (Å²) in [6, 6.07) is 16.0. The third kappa shape index (κ3) is 5.57. The minimum atomic E-state index is -0.775. The zero-order chi connectivity index (χ0) is 20.6. The van der Waals surface area contributed by atoms with Gasteiger partial charge in [-0.15, -0.1) is 0 Å². The van der Waals surface area contributed by atoms with E-state index in [-0.39, 0.29) is 18.4 Å². The Hall–Kier alpha value is -3.35. The number of hydrogen-bond acceptors (Lipinski definition) is 5. The molecule has 0 radical (unpaired) electrons. The van der Waals surface area contributed by atoms with E-state index in [1.54, 1.807) is 41.0 Å². The molecule has 0 N–H and O–H groups in total. The lowest BCUT2D eigenvalue weighted by atomic mass is 10.1. The lowest BCUT2D eigenvalue weighted by Gasteiger charge is -2.35. The van der Waals surface area contributed by atoms with Gasteiger partial charge in [-0.3, -0.25) is 9.59 Å². The van der Waals surface area contributed by atoms with Crippen LogP contribution in [0.5, 0.6) is 5.75 Å². The van der Waals surface area contributed by atoms with E-state index in [4.69, 9.17) is 9.47 Å². The SMILES string of the molecule is CCOC(=O)Oc1ccc(C(=O)N2CCN(C(=O)Cc3ccccc3)CC2)cc1. The van der Waals surface area contributed by atoms with Crippen molar-refractivity contribution in [3.63, 3.8) is 0 Å². The highest BCUT2D eigenvalue weighted by Gasteiger charge is 2.25. The van der Waals surface area contributed by atoms with Crippen LogP contribution in [0, 0.1) is 0 Å². The molecular formula is C22H24N2O5. The van der Waals surface area contributed by atoms with Gasteiger partial charge in [-0.2, -0.15) is 0 Å². The largest absolute Gasteiger partial charge is 0.513 e. The Morgan fingerprint density at radius 3 is 2.10 bits per heavy atom. The Kier molecular flexibility index (Phi) is 6.84. The average molecular weight is 396 g/mol. The molecule has 1 aliphatic heterocycles. The molecule has 7 nitrogen and oxygen atoms in total. The Balaban J connectivity index is 1.50. The van der Waals surface area contributed by atoms with E-state index in [0.717, 1.165) is 5.56 Å². The summed E-state index contributed by atoms with van der Waals surface area (Å²) in [5.74, 6) is 0.280. The topological polar surface area (TPSA) is 76.2 Å². The van der Waals surface area contributed by atoms with Crippen LogP contribution in [0.1, 0.15) is 22.8 Å². The summed E-state index contributed by atoms with van der Waals surface area (Å²) in [4.78, 5) is 40.0. The molecule has 2 aromatic rings. The minimum absolute atomic E-state index is 0.0729. The monoisotopic (exact) mass is 396 g/mol. The number of amides is 2. The van der Waals surface area contributed by atoms with Crippen molar-refractivity contribution in [2.24, 2.45) is 0 Å². The molecule has 152 valence electrons. The molecule has 0 unspecified atom stereocenters. The quantitative estimate of drug-likeness (QED) is 0.574. The van der Waals surface area contributed by atoms with Crippen molar-refractivity contribution in [2.45, 2.75) is 13.3 Å². The van der Waals surface area contributed by atoms with Crippen molar-refractivity contribution in [3.05, 3.63) is 65.7 Å². The molecule has 1 aliphatic rings. The predicted octanol–water partition coefficient (Wildman–Crippen LogP) is 2.75. The summed E-state index contributed by atoms with van der Waals surface area (Å²) in [5, 5.41) is 0. The van der Waals surface area contributed by atoms with Crippen molar-refractivity contribution in [1.82, 2.24) is 9.80 Å². The molecule has 7 heteroatoms. The second-order valence-electron chi connectivity index (χ2n) is 6.64. The molecule has 0 bridgehead atoms. The van der Waals surface area contributed by atoms with Gasteiger partial charge in [0.2, 0.25) is 5.91 Å². The minimum Gasteiger partial charge on any atom is -0.434 e. The molecule has 1 saturated heterocycles. The van der Waals surface area contributed by atoms with Gasteiger partial charge in [0, 0.05) is 31.7 Å². The zero-order valence-corrected chi connectivity index (χ0v) is 16.4. The van der Waals surface area contributed by atoms with Crippen molar-refractivity contribution in [1.29, 1.82) is 0 Å². The number of rotatable bonds is 5. The fourth-order valence-electron chi connectivity index (χ4n) is 3.13. The second kappa shape index (κ2) is 9.73. The van der Waals surface area contributed by atoms with Gasteiger partial charge < -0.3 is 19.3 Å². The number of nitrogens with zero attached hydrogens (tertiary/aromatic N) is 2. The smallest absolute Gasteiger partial charge is 0.434 e. The van der Waals surface area contributed by atoms with Gasteiger partial charge in [-0.1, -0.05) is 30.3 Å². The summed E-state index contributed by atoms with van der Waals surface area (Å²) in [6.07, 6.45) is -0.403. The molecule has 29 heavy (non-hydrogen) atoms. The first-order valence-electron chi connectivity index (χ1n) is 9.62. The molecule has 3 rings (SSSR count). The molecular weight excluding hydrogens is 372 g/mol. The fraction of sp³-hybridized carbons (Fsp3) is 0.318. The molecule has 0 aliphatic carbocycles. The maximum Gasteiger partial charge on any atom is 0.513 e. The molecule has 0 aromatic heterocycles. The second-order valence-corrected chi connectivity index (χ2v) is 6.64. The van der Waals surface area contributed by atoms with E-state index in [1.165, 1.54) is 0 Å². The van der Waals surface area contributed by atoms with Crippen molar-refractivity contribution in [2.75, 3.05) is 32.8 Å². The molecule has 2 amide bonds. The number of carbonyl (C=O) groups excluding carboxylic acids is 3. The van der Waals surface area contributed by atoms with Gasteiger partial charge >= 0.3 is 6.16 Å². The van der Waals surface area contributed by atoms with E-state index in [2.05, 4.69) is 0 Å². The predicted molar refractivity (Wildman–Crippen MR) is 107 cm³/mol. The van der Waals surface area contributed by atoms with E-state index in [0.29, 0.717) is 43.9 Å². The standard InChI is InChI=1S/C22H24N2O5/c1-2-28-22(27)29-19-10-8-18(9-11-19)21(26)24-14-12-23(13-15-24)20(25)16-17-6-4-3-5-7-17/h3-11H,2,12-16H2,1H3. The fourth-order valence-corrected chi connectivity index (χ4v) is 3.13. The molecule has 0 atom stereocenters. The summed E-state index contributed by atoms with van der Waals surface area (Å²) < 4.78 is 9.71. The summed E-state index contributed by atoms with van der Waals surface area (Å²) >= 11 is 0. The third-order valence-corrected chi connectivity index (χ3v) is 4.68. The number of benzene rings is 2. The van der Waals surface area contributed by atoms with Crippen LogP contribution in [0.25, 0.3) is 0 Å². The van der Waals surface area contributed by atoms with E-state index in [9.17, 15) is 14.4 Å². The molecule has 1 heterocycles. The maximum atomic E-state index is 12.7. The number of carbonyl (C=O) groups is 3. The van der Waals surface area contributed by atoms with Crippen LogP contribution in [0.2, 0.25) is 0 Å². The highest BCUT2D eigenvalue weighted by atomic mass is 16.7. The molecule has 2 aromatic carbocycles.